The van der Waals surface area contributed by atoms with Crippen LogP contribution in [0, 0.1) is 6.92 Å². The number of benzene rings is 1. The molecule has 0 bridgehead atoms. The molecule has 0 spiro atoms. The van der Waals surface area contributed by atoms with E-state index < -0.39 is 11.4 Å². The van der Waals surface area contributed by atoms with E-state index in [0.29, 0.717) is 18.5 Å². The maximum absolute atomic E-state index is 12.2. The van der Waals surface area contributed by atoms with Crippen molar-refractivity contribution in [3.05, 3.63) is 45.7 Å². The van der Waals surface area contributed by atoms with Gasteiger partial charge in [0.25, 0.3) is 0 Å². The van der Waals surface area contributed by atoms with Crippen LogP contribution in [-0.4, -0.2) is 29.4 Å². The summed E-state index contributed by atoms with van der Waals surface area (Å²) in [6.45, 7) is 3.27. The lowest BCUT2D eigenvalue weighted by Crippen LogP contribution is -2.19. The van der Waals surface area contributed by atoms with E-state index in [4.69, 9.17) is 4.74 Å². The van der Waals surface area contributed by atoms with Gasteiger partial charge in [-0.1, -0.05) is 6.07 Å². The smallest absolute Gasteiger partial charge is 0.341 e. The van der Waals surface area contributed by atoms with Gasteiger partial charge in [-0.15, -0.1) is 0 Å². The van der Waals surface area contributed by atoms with Crippen LogP contribution in [0.15, 0.2) is 29.2 Å². The molecule has 2 aromatic rings. The second kappa shape index (κ2) is 6.54. The van der Waals surface area contributed by atoms with Crippen molar-refractivity contribution >= 4 is 16.9 Å². The van der Waals surface area contributed by atoms with Gasteiger partial charge in [0.15, 0.2) is 0 Å². The van der Waals surface area contributed by atoms with Gasteiger partial charge in [0.1, 0.15) is 5.56 Å². The average molecular weight is 289 g/mol. The van der Waals surface area contributed by atoms with Crippen LogP contribution in [0.3, 0.4) is 0 Å². The maximum atomic E-state index is 12.2. The molecule has 5 heteroatoms. The fraction of sp³-hybridized carbons (Fsp3) is 0.375. The number of ether oxygens (including phenoxy) is 1. The van der Waals surface area contributed by atoms with E-state index in [1.807, 2.05) is 23.6 Å². The quantitative estimate of drug-likeness (QED) is 0.829. The summed E-state index contributed by atoms with van der Waals surface area (Å²) < 4.78 is 6.86. The molecular weight excluding hydrogens is 270 g/mol. The topological polar surface area (TPSA) is 68.5 Å². The number of hydrogen-bond donors (Lipinski definition) is 1. The Morgan fingerprint density at radius 3 is 2.76 bits per heavy atom. The van der Waals surface area contributed by atoms with Crippen LogP contribution in [0.1, 0.15) is 28.8 Å². The Bertz CT molecular complexity index is 718. The van der Waals surface area contributed by atoms with Gasteiger partial charge in [-0.3, -0.25) is 4.79 Å². The van der Waals surface area contributed by atoms with Crippen molar-refractivity contribution in [2.24, 2.45) is 0 Å². The lowest BCUT2D eigenvalue weighted by molar-refractivity contribution is 0.0694. The number of carbonyl (C=O) groups is 1. The number of carboxylic acid groups (broad SMARTS) is 1. The minimum absolute atomic E-state index is 0.182. The number of hydrogen-bond acceptors (Lipinski definition) is 3. The van der Waals surface area contributed by atoms with E-state index in [-0.39, 0.29) is 5.56 Å². The highest BCUT2D eigenvalue weighted by molar-refractivity contribution is 5.92. The molecule has 1 aromatic heterocycles. The van der Waals surface area contributed by atoms with E-state index in [1.54, 1.807) is 13.2 Å². The summed E-state index contributed by atoms with van der Waals surface area (Å²) in [5.74, 6) is -1.19. The second-order valence-electron chi connectivity index (χ2n) is 5.09. The van der Waals surface area contributed by atoms with Gasteiger partial charge in [-0.2, -0.15) is 0 Å². The SMILES string of the molecule is COCCCCn1cc(C(=O)O)c(=O)c2ccc(C)cc21. The number of aromatic nitrogens is 1. The zero-order chi connectivity index (χ0) is 15.4. The van der Waals surface area contributed by atoms with E-state index in [2.05, 4.69) is 0 Å². The lowest BCUT2D eigenvalue weighted by Gasteiger charge is -2.12. The number of fused-ring (bicyclic) bond motifs is 1. The predicted octanol–water partition coefficient (Wildman–Crippen LogP) is 2.43. The average Bonchev–Trinajstić information content (AvgIpc) is 2.45. The molecule has 5 nitrogen and oxygen atoms in total. The molecule has 0 amide bonds. The first-order valence-corrected chi connectivity index (χ1v) is 6.90. The highest BCUT2D eigenvalue weighted by Gasteiger charge is 2.14. The molecule has 0 aliphatic carbocycles. The highest BCUT2D eigenvalue weighted by Crippen LogP contribution is 2.15. The van der Waals surface area contributed by atoms with Crippen LogP contribution in [0.5, 0.6) is 0 Å². The van der Waals surface area contributed by atoms with Crippen LogP contribution < -0.4 is 5.43 Å². The molecule has 1 heterocycles. The molecule has 0 saturated heterocycles. The Kier molecular flexibility index (Phi) is 4.75. The van der Waals surface area contributed by atoms with Gasteiger partial charge in [-0.05, 0) is 37.5 Å². The normalized spacial score (nSPS) is 11.0. The lowest BCUT2D eigenvalue weighted by atomic mass is 10.1. The fourth-order valence-electron chi connectivity index (χ4n) is 2.37. The monoisotopic (exact) mass is 289 g/mol. The number of nitrogens with zero attached hydrogens (tertiary/aromatic N) is 1. The number of carboxylic acids is 1. The minimum Gasteiger partial charge on any atom is -0.477 e. The molecule has 0 aliphatic heterocycles. The molecule has 0 aliphatic rings. The predicted molar refractivity (Wildman–Crippen MR) is 81.0 cm³/mol. The molecule has 0 unspecified atom stereocenters. The van der Waals surface area contributed by atoms with Crippen molar-refractivity contribution in [3.8, 4) is 0 Å². The fourth-order valence-corrected chi connectivity index (χ4v) is 2.37. The van der Waals surface area contributed by atoms with Crippen LogP contribution in [0.2, 0.25) is 0 Å². The first kappa shape index (κ1) is 15.3. The summed E-state index contributed by atoms with van der Waals surface area (Å²) in [7, 11) is 1.65. The van der Waals surface area contributed by atoms with E-state index >= 15 is 0 Å². The Morgan fingerprint density at radius 1 is 1.33 bits per heavy atom. The number of unbranched alkanes of at least 4 members (excludes halogenated alkanes) is 1. The largest absolute Gasteiger partial charge is 0.477 e. The Labute approximate surface area is 122 Å². The van der Waals surface area contributed by atoms with Crippen LogP contribution in [0.25, 0.3) is 10.9 Å². The van der Waals surface area contributed by atoms with Crippen molar-refractivity contribution in [1.29, 1.82) is 0 Å². The van der Waals surface area contributed by atoms with Gasteiger partial charge in [-0.25, -0.2) is 4.79 Å². The van der Waals surface area contributed by atoms with E-state index in [1.165, 1.54) is 6.20 Å². The van der Waals surface area contributed by atoms with E-state index in [9.17, 15) is 14.7 Å². The van der Waals surface area contributed by atoms with Gasteiger partial charge < -0.3 is 14.4 Å². The standard InChI is InChI=1S/C16H19NO4/c1-11-5-6-12-14(9-11)17(7-3-4-8-21-2)10-13(15(12)18)16(19)20/h5-6,9-10H,3-4,7-8H2,1-2H3,(H,19,20). The molecular formula is C16H19NO4. The molecule has 2 rings (SSSR count). The van der Waals surface area contributed by atoms with Gasteiger partial charge in [0.05, 0.1) is 5.52 Å². The molecule has 1 aromatic carbocycles. The van der Waals surface area contributed by atoms with Gasteiger partial charge >= 0.3 is 5.97 Å². The van der Waals surface area contributed by atoms with Crippen molar-refractivity contribution in [2.45, 2.75) is 26.3 Å². The van der Waals surface area contributed by atoms with Crippen molar-refractivity contribution < 1.29 is 14.6 Å². The number of rotatable bonds is 6. The molecule has 0 fully saturated rings. The van der Waals surface area contributed by atoms with Crippen molar-refractivity contribution in [1.82, 2.24) is 4.57 Å². The van der Waals surface area contributed by atoms with Crippen LogP contribution in [0.4, 0.5) is 0 Å². The molecule has 0 atom stereocenters. The summed E-state index contributed by atoms with van der Waals surface area (Å²) in [6, 6.07) is 5.44. The Balaban J connectivity index is 2.50. The zero-order valence-electron chi connectivity index (χ0n) is 12.3. The highest BCUT2D eigenvalue weighted by atomic mass is 16.5. The van der Waals surface area contributed by atoms with Crippen LogP contribution >= 0.6 is 0 Å². The summed E-state index contributed by atoms with van der Waals surface area (Å²) in [5, 5.41) is 9.63. The van der Waals surface area contributed by atoms with Crippen molar-refractivity contribution in [2.75, 3.05) is 13.7 Å². The number of methoxy groups -OCH3 is 1. The molecule has 0 radical (unpaired) electrons. The number of aryl methyl sites for hydroxylation is 2. The first-order chi connectivity index (χ1) is 10.0. The summed E-state index contributed by atoms with van der Waals surface area (Å²) in [4.78, 5) is 23.4. The van der Waals surface area contributed by atoms with Crippen LogP contribution in [-0.2, 0) is 11.3 Å². The second-order valence-corrected chi connectivity index (χ2v) is 5.09. The molecule has 112 valence electrons. The third-order valence-electron chi connectivity index (χ3n) is 3.46. The van der Waals surface area contributed by atoms with Gasteiger partial charge in [0, 0.05) is 31.8 Å². The molecule has 1 N–H and O–H groups in total. The van der Waals surface area contributed by atoms with Crippen molar-refractivity contribution in [3.63, 3.8) is 0 Å². The summed E-state index contributed by atoms with van der Waals surface area (Å²) in [6.07, 6.45) is 3.19. The minimum atomic E-state index is -1.19. The summed E-state index contributed by atoms with van der Waals surface area (Å²) >= 11 is 0. The van der Waals surface area contributed by atoms with E-state index in [0.717, 1.165) is 23.9 Å². The first-order valence-electron chi connectivity index (χ1n) is 6.90. The number of aromatic carboxylic acids is 1. The third kappa shape index (κ3) is 3.31. The Morgan fingerprint density at radius 2 is 2.10 bits per heavy atom. The maximum Gasteiger partial charge on any atom is 0.341 e. The molecule has 21 heavy (non-hydrogen) atoms. The Hall–Kier alpha value is -2.14. The third-order valence-corrected chi connectivity index (χ3v) is 3.46. The van der Waals surface area contributed by atoms with Gasteiger partial charge in [0.2, 0.25) is 5.43 Å². The molecule has 0 saturated carbocycles. The number of pyridine rings is 1. The summed E-state index contributed by atoms with van der Waals surface area (Å²) in [5.41, 5.74) is 1.21. The zero-order valence-corrected chi connectivity index (χ0v) is 12.3.